The standard InChI is InChI=1S/C28H26FN7O/c1-17-4-3-5-19-16-30-28(34-25(17)19)33-21-14-23(26-24(15-21)31-18(2)32-26)27(37)36-12-10-35(11-13-36)22-8-6-20(29)7-9-22/h3-9,14-16H,10-13H2,1-2H3,(H,31,32)(H,30,33,34). The summed E-state index contributed by atoms with van der Waals surface area (Å²) in [5.41, 5.74) is 5.55. The Morgan fingerprint density at radius 1 is 0.973 bits per heavy atom. The maximum absolute atomic E-state index is 13.7. The zero-order chi connectivity index (χ0) is 25.5. The van der Waals surface area contributed by atoms with E-state index in [4.69, 9.17) is 0 Å². The Morgan fingerprint density at radius 2 is 1.76 bits per heavy atom. The van der Waals surface area contributed by atoms with Gasteiger partial charge in [-0.25, -0.2) is 19.3 Å². The van der Waals surface area contributed by atoms with Crippen molar-refractivity contribution in [1.82, 2.24) is 24.8 Å². The van der Waals surface area contributed by atoms with Crippen LogP contribution in [-0.2, 0) is 0 Å². The largest absolute Gasteiger partial charge is 0.368 e. The van der Waals surface area contributed by atoms with Gasteiger partial charge in [0.15, 0.2) is 0 Å². The highest BCUT2D eigenvalue weighted by atomic mass is 19.1. The molecule has 0 bridgehead atoms. The molecule has 1 aliphatic rings. The molecule has 0 saturated carbocycles. The van der Waals surface area contributed by atoms with E-state index >= 15 is 0 Å². The highest BCUT2D eigenvalue weighted by molar-refractivity contribution is 6.06. The molecule has 6 rings (SSSR count). The van der Waals surface area contributed by atoms with Crippen LogP contribution in [0.1, 0.15) is 21.7 Å². The molecule has 1 saturated heterocycles. The van der Waals surface area contributed by atoms with Crippen LogP contribution in [0.5, 0.6) is 0 Å². The van der Waals surface area contributed by atoms with E-state index < -0.39 is 0 Å². The lowest BCUT2D eigenvalue weighted by Gasteiger charge is -2.36. The number of H-pyrrole nitrogens is 1. The van der Waals surface area contributed by atoms with Gasteiger partial charge in [0.05, 0.1) is 16.6 Å². The molecule has 8 nitrogen and oxygen atoms in total. The summed E-state index contributed by atoms with van der Waals surface area (Å²) < 4.78 is 13.3. The number of aromatic amines is 1. The van der Waals surface area contributed by atoms with Gasteiger partial charge in [0, 0.05) is 49.1 Å². The molecule has 1 aliphatic heterocycles. The van der Waals surface area contributed by atoms with Gasteiger partial charge in [0.1, 0.15) is 17.2 Å². The number of para-hydroxylation sites is 1. The highest BCUT2D eigenvalue weighted by Gasteiger charge is 2.25. The summed E-state index contributed by atoms with van der Waals surface area (Å²) in [5.74, 6) is 0.867. The summed E-state index contributed by atoms with van der Waals surface area (Å²) in [6, 6.07) is 16.2. The molecule has 2 aromatic heterocycles. The normalized spacial score (nSPS) is 13.9. The number of piperazine rings is 1. The molecule has 3 heterocycles. The van der Waals surface area contributed by atoms with Crippen LogP contribution in [0.2, 0.25) is 0 Å². The first kappa shape index (κ1) is 22.9. The van der Waals surface area contributed by atoms with Crippen molar-refractivity contribution in [3.8, 4) is 0 Å². The molecule has 0 unspecified atom stereocenters. The van der Waals surface area contributed by atoms with Crippen molar-refractivity contribution in [3.63, 3.8) is 0 Å². The first-order valence-electron chi connectivity index (χ1n) is 12.2. The van der Waals surface area contributed by atoms with E-state index in [1.165, 1.54) is 12.1 Å². The number of anilines is 3. The number of aryl methyl sites for hydroxylation is 2. The fourth-order valence-corrected chi connectivity index (χ4v) is 4.86. The molecule has 186 valence electrons. The van der Waals surface area contributed by atoms with Crippen LogP contribution >= 0.6 is 0 Å². The van der Waals surface area contributed by atoms with Gasteiger partial charge >= 0.3 is 0 Å². The van der Waals surface area contributed by atoms with E-state index in [0.717, 1.165) is 33.5 Å². The van der Waals surface area contributed by atoms with Crippen LogP contribution in [0.4, 0.5) is 21.7 Å². The number of nitrogens with one attached hydrogen (secondary N) is 2. The number of carbonyl (C=O) groups excluding carboxylic acids is 1. The summed E-state index contributed by atoms with van der Waals surface area (Å²) in [6.45, 7) is 6.35. The van der Waals surface area contributed by atoms with Gasteiger partial charge < -0.3 is 20.1 Å². The first-order valence-corrected chi connectivity index (χ1v) is 12.2. The summed E-state index contributed by atoms with van der Waals surface area (Å²) >= 11 is 0. The number of amides is 1. The lowest BCUT2D eigenvalue weighted by atomic mass is 10.1. The Kier molecular flexibility index (Phi) is 5.67. The van der Waals surface area contributed by atoms with Crippen LogP contribution in [0.15, 0.2) is 60.8 Å². The molecule has 9 heteroatoms. The summed E-state index contributed by atoms with van der Waals surface area (Å²) in [7, 11) is 0. The molecule has 0 atom stereocenters. The molecule has 0 spiro atoms. The van der Waals surface area contributed by atoms with Crippen LogP contribution in [0.3, 0.4) is 0 Å². The van der Waals surface area contributed by atoms with Crippen LogP contribution < -0.4 is 10.2 Å². The molecule has 0 radical (unpaired) electrons. The van der Waals surface area contributed by atoms with Crippen LogP contribution in [-0.4, -0.2) is 56.9 Å². The van der Waals surface area contributed by atoms with Gasteiger partial charge in [0.25, 0.3) is 5.91 Å². The summed E-state index contributed by atoms with van der Waals surface area (Å²) in [4.78, 5) is 34.7. The Balaban J connectivity index is 1.27. The number of hydrogen-bond donors (Lipinski definition) is 2. The third kappa shape index (κ3) is 4.44. The number of imidazole rings is 1. The van der Waals surface area contributed by atoms with Gasteiger partial charge in [-0.05, 0) is 55.8 Å². The quantitative estimate of drug-likeness (QED) is 0.366. The lowest BCUT2D eigenvalue weighted by molar-refractivity contribution is 0.0748. The van der Waals surface area contributed by atoms with Crippen LogP contribution in [0.25, 0.3) is 21.9 Å². The van der Waals surface area contributed by atoms with E-state index in [1.54, 1.807) is 18.3 Å². The van der Waals surface area contributed by atoms with Gasteiger partial charge in [-0.3, -0.25) is 4.79 Å². The van der Waals surface area contributed by atoms with E-state index in [1.807, 2.05) is 49.1 Å². The maximum Gasteiger partial charge on any atom is 0.256 e. The number of halogens is 1. The van der Waals surface area contributed by atoms with Gasteiger partial charge in [0.2, 0.25) is 5.95 Å². The second-order valence-corrected chi connectivity index (χ2v) is 9.33. The minimum atomic E-state index is -0.256. The molecule has 1 fully saturated rings. The Morgan fingerprint density at radius 3 is 2.54 bits per heavy atom. The predicted octanol–water partition coefficient (Wildman–Crippen LogP) is 4.97. The zero-order valence-corrected chi connectivity index (χ0v) is 20.6. The van der Waals surface area contributed by atoms with Crippen molar-refractivity contribution in [3.05, 3.63) is 83.6 Å². The number of carbonyl (C=O) groups is 1. The molecule has 2 N–H and O–H groups in total. The molecule has 37 heavy (non-hydrogen) atoms. The number of rotatable bonds is 4. The van der Waals surface area contributed by atoms with Crippen molar-refractivity contribution in [2.75, 3.05) is 36.4 Å². The fraction of sp³-hybridized carbons (Fsp3) is 0.214. The van der Waals surface area contributed by atoms with Crippen LogP contribution in [0, 0.1) is 19.7 Å². The number of fused-ring (bicyclic) bond motifs is 2. The first-order chi connectivity index (χ1) is 17.9. The maximum atomic E-state index is 13.7. The van der Waals surface area contributed by atoms with Crippen molar-refractivity contribution in [2.45, 2.75) is 13.8 Å². The smallest absolute Gasteiger partial charge is 0.256 e. The molecule has 5 aromatic rings. The lowest BCUT2D eigenvalue weighted by Crippen LogP contribution is -2.48. The average molecular weight is 496 g/mol. The van der Waals surface area contributed by atoms with E-state index in [0.29, 0.717) is 48.9 Å². The van der Waals surface area contributed by atoms with E-state index in [-0.39, 0.29) is 11.7 Å². The molecule has 0 aliphatic carbocycles. The van der Waals surface area contributed by atoms with E-state index in [9.17, 15) is 9.18 Å². The second-order valence-electron chi connectivity index (χ2n) is 9.33. The predicted molar refractivity (Wildman–Crippen MR) is 143 cm³/mol. The number of nitrogens with zero attached hydrogens (tertiary/aromatic N) is 5. The van der Waals surface area contributed by atoms with E-state index in [2.05, 4.69) is 30.2 Å². The Labute approximate surface area is 213 Å². The van der Waals surface area contributed by atoms with Crippen molar-refractivity contribution in [2.24, 2.45) is 0 Å². The molecule has 1 amide bonds. The number of aromatic nitrogens is 4. The monoisotopic (exact) mass is 495 g/mol. The summed E-state index contributed by atoms with van der Waals surface area (Å²) in [5, 5.41) is 4.25. The second kappa shape index (κ2) is 9.16. The summed E-state index contributed by atoms with van der Waals surface area (Å²) in [6.07, 6.45) is 1.79. The fourth-order valence-electron chi connectivity index (χ4n) is 4.86. The highest BCUT2D eigenvalue weighted by Crippen LogP contribution is 2.27. The topological polar surface area (TPSA) is 90.0 Å². The minimum Gasteiger partial charge on any atom is -0.368 e. The minimum absolute atomic E-state index is 0.0748. The Hall–Kier alpha value is -4.53. The molecular weight excluding hydrogens is 469 g/mol. The molecular formula is C28H26FN7O. The Bertz CT molecular complexity index is 1620. The van der Waals surface area contributed by atoms with Gasteiger partial charge in [-0.2, -0.15) is 0 Å². The number of hydrogen-bond acceptors (Lipinski definition) is 6. The number of benzene rings is 3. The van der Waals surface area contributed by atoms with Crippen molar-refractivity contribution >= 4 is 45.2 Å². The van der Waals surface area contributed by atoms with Gasteiger partial charge in [-0.15, -0.1) is 0 Å². The van der Waals surface area contributed by atoms with Crippen molar-refractivity contribution in [1.29, 1.82) is 0 Å². The zero-order valence-electron chi connectivity index (χ0n) is 20.6. The third-order valence-electron chi connectivity index (χ3n) is 6.76. The molecule has 3 aromatic carbocycles. The third-order valence-corrected chi connectivity index (χ3v) is 6.76. The van der Waals surface area contributed by atoms with Gasteiger partial charge in [-0.1, -0.05) is 18.2 Å². The SMILES string of the molecule is Cc1nc2c(C(=O)N3CCN(c4ccc(F)cc4)CC3)cc(Nc3ncc4cccc(C)c4n3)cc2[nH]1. The van der Waals surface area contributed by atoms with Crippen molar-refractivity contribution < 1.29 is 9.18 Å². The average Bonchev–Trinajstić information content (AvgIpc) is 3.29.